The van der Waals surface area contributed by atoms with Crippen molar-refractivity contribution < 1.29 is 22.7 Å². The van der Waals surface area contributed by atoms with Gasteiger partial charge in [0.05, 0.1) is 22.8 Å². The average Bonchev–Trinajstić information content (AvgIpc) is 3.81. The van der Waals surface area contributed by atoms with Crippen LogP contribution in [0.15, 0.2) is 65.6 Å². The summed E-state index contributed by atoms with van der Waals surface area (Å²) in [7, 11) is 0. The molecule has 6 heterocycles. The lowest BCUT2D eigenvalue weighted by Gasteiger charge is -2.30. The van der Waals surface area contributed by atoms with Gasteiger partial charge in [-0.05, 0) is 50.4 Å². The Kier molecular flexibility index (Phi) is 9.49. The summed E-state index contributed by atoms with van der Waals surface area (Å²) >= 11 is 1.16. The number of ether oxygens (including phenoxy) is 1. The van der Waals surface area contributed by atoms with Gasteiger partial charge in [-0.1, -0.05) is 24.8 Å². The van der Waals surface area contributed by atoms with Crippen molar-refractivity contribution in [3.63, 3.8) is 0 Å². The van der Waals surface area contributed by atoms with Crippen LogP contribution >= 0.6 is 11.3 Å². The monoisotopic (exact) mass is 742 g/mol. The maximum Gasteiger partial charge on any atom is 0.319 e. The zero-order chi connectivity index (χ0) is 37.4. The molecule has 1 aromatic carbocycles. The van der Waals surface area contributed by atoms with E-state index in [1.54, 1.807) is 30.3 Å². The van der Waals surface area contributed by atoms with E-state index in [-0.39, 0.29) is 83.0 Å². The van der Waals surface area contributed by atoms with Gasteiger partial charge < -0.3 is 31.8 Å². The van der Waals surface area contributed by atoms with Gasteiger partial charge in [0.15, 0.2) is 5.82 Å². The summed E-state index contributed by atoms with van der Waals surface area (Å²) in [5.41, 5.74) is 11.2. The van der Waals surface area contributed by atoms with Crippen LogP contribution in [0.5, 0.6) is 6.01 Å². The minimum Gasteiger partial charge on any atom is -0.461 e. The number of nitriles is 1. The molecule has 2 atom stereocenters. The number of carbonyl (C=O) groups excluding carboxylic acids is 1. The van der Waals surface area contributed by atoms with Crippen LogP contribution in [0.1, 0.15) is 42.9 Å². The molecule has 7 N–H and O–H groups in total. The number of thiophene rings is 1. The Labute approximate surface area is 304 Å². The molecular formula is C36H33F3N10O3S. The van der Waals surface area contributed by atoms with Crippen molar-refractivity contribution >= 4 is 54.9 Å². The standard InChI is InChI=1S/C36H33F3N10O3S/c1-2-24(50)43-12-9-22(19-7-4-11-44-31(19)41)45-33-26-29(47-35(48-33)52-17-36-10-5-13-49(36)16-18(14-36)30(38)39)27(37)28(46-34(26)51)20-6-3-8-23-25(20)21(15-40)32(42)53-23/h2-4,6-8,11,22H,1,5,9-10,12-14,16-17,42H2,(H2,41,44)(H,43,50)(H,46,51)(H,45,47,48)/t22?,36-/m0/s1. The van der Waals surface area contributed by atoms with Crippen LogP contribution in [-0.4, -0.2) is 62.5 Å². The number of H-pyrrole nitrogens is 1. The number of nitrogens with zero attached hydrogens (tertiary/aromatic N) is 5. The van der Waals surface area contributed by atoms with Crippen LogP contribution < -0.4 is 32.4 Å². The maximum atomic E-state index is 17.0. The fraction of sp³-hybridized carbons (Fsp3) is 0.278. The van der Waals surface area contributed by atoms with E-state index in [1.165, 1.54) is 6.20 Å². The van der Waals surface area contributed by atoms with E-state index in [1.807, 2.05) is 4.90 Å². The Hall–Kier alpha value is -5.99. The topological polar surface area (TPSA) is 201 Å². The first kappa shape index (κ1) is 35.4. The first-order chi connectivity index (χ1) is 25.5. The minimum atomic E-state index is -1.71. The second kappa shape index (κ2) is 14.2. The summed E-state index contributed by atoms with van der Waals surface area (Å²) in [5, 5.41) is 16.2. The molecule has 1 amide bonds. The lowest BCUT2D eigenvalue weighted by molar-refractivity contribution is -0.116. The van der Waals surface area contributed by atoms with E-state index in [2.05, 4.69) is 43.2 Å². The van der Waals surface area contributed by atoms with Crippen molar-refractivity contribution in [3.8, 4) is 23.3 Å². The van der Waals surface area contributed by atoms with Crippen molar-refractivity contribution in [3.05, 3.63) is 88.1 Å². The number of nitrogens with two attached hydrogens (primary N) is 2. The predicted octanol–water partition coefficient (Wildman–Crippen LogP) is 5.38. The molecule has 7 rings (SSSR count). The van der Waals surface area contributed by atoms with Gasteiger partial charge >= 0.3 is 6.01 Å². The molecule has 0 saturated carbocycles. The fourth-order valence-corrected chi connectivity index (χ4v) is 8.22. The van der Waals surface area contributed by atoms with Crippen LogP contribution in [0.2, 0.25) is 0 Å². The number of hydrogen-bond donors (Lipinski definition) is 5. The van der Waals surface area contributed by atoms with Crippen molar-refractivity contribution in [2.45, 2.75) is 37.3 Å². The molecule has 4 aromatic heterocycles. The molecule has 2 aliphatic rings. The van der Waals surface area contributed by atoms with Crippen LogP contribution in [-0.2, 0) is 4.79 Å². The molecule has 2 fully saturated rings. The summed E-state index contributed by atoms with van der Waals surface area (Å²) in [6.45, 7) is 4.27. The number of pyridine rings is 2. The number of nitrogen functional groups attached to an aromatic ring is 2. The number of fused-ring (bicyclic) bond motifs is 3. The number of hydrogen-bond acceptors (Lipinski definition) is 12. The number of amides is 1. The number of aromatic amines is 1. The van der Waals surface area contributed by atoms with Gasteiger partial charge in [0.2, 0.25) is 5.91 Å². The normalized spacial score (nSPS) is 17.4. The maximum absolute atomic E-state index is 17.0. The van der Waals surface area contributed by atoms with Crippen LogP contribution in [0.25, 0.3) is 32.2 Å². The number of rotatable bonds is 11. The number of benzene rings is 1. The van der Waals surface area contributed by atoms with E-state index >= 15 is 4.39 Å². The Balaban J connectivity index is 1.37. The molecule has 2 aliphatic heterocycles. The van der Waals surface area contributed by atoms with Crippen molar-refractivity contribution in [1.29, 1.82) is 5.26 Å². The summed E-state index contributed by atoms with van der Waals surface area (Å²) in [6.07, 6.45) is 2.61. The summed E-state index contributed by atoms with van der Waals surface area (Å²) in [6, 6.07) is 9.38. The van der Waals surface area contributed by atoms with Gasteiger partial charge in [-0.3, -0.25) is 14.5 Å². The molecule has 0 bridgehead atoms. The first-order valence-corrected chi connectivity index (χ1v) is 17.5. The molecular weight excluding hydrogens is 710 g/mol. The van der Waals surface area contributed by atoms with E-state index < -0.39 is 40.5 Å². The van der Waals surface area contributed by atoms with Crippen molar-refractivity contribution in [2.24, 2.45) is 0 Å². The number of aromatic nitrogens is 4. The zero-order valence-electron chi connectivity index (χ0n) is 28.1. The molecule has 13 nitrogen and oxygen atoms in total. The minimum absolute atomic E-state index is 0.0396. The van der Waals surface area contributed by atoms with Gasteiger partial charge in [0, 0.05) is 46.1 Å². The van der Waals surface area contributed by atoms with Crippen molar-refractivity contribution in [1.82, 2.24) is 30.2 Å². The van der Waals surface area contributed by atoms with E-state index in [4.69, 9.17) is 16.2 Å². The molecule has 2 saturated heterocycles. The van der Waals surface area contributed by atoms with Crippen molar-refractivity contribution in [2.75, 3.05) is 43.0 Å². The number of nitrogens with one attached hydrogen (secondary N) is 3. The molecule has 17 heteroatoms. The Morgan fingerprint density at radius 2 is 2.08 bits per heavy atom. The summed E-state index contributed by atoms with van der Waals surface area (Å²) in [4.78, 5) is 43.7. The lowest BCUT2D eigenvalue weighted by Crippen LogP contribution is -2.43. The molecule has 0 aliphatic carbocycles. The van der Waals surface area contributed by atoms with Gasteiger partial charge in [-0.25, -0.2) is 9.37 Å². The highest BCUT2D eigenvalue weighted by atomic mass is 32.1. The van der Waals surface area contributed by atoms with Crippen LogP contribution in [0, 0.1) is 17.1 Å². The third-order valence-electron chi connectivity index (χ3n) is 9.78. The van der Waals surface area contributed by atoms with Gasteiger partial charge in [-0.15, -0.1) is 11.3 Å². The third kappa shape index (κ3) is 6.51. The summed E-state index contributed by atoms with van der Waals surface area (Å²) in [5.74, 6) is -1.28. The van der Waals surface area contributed by atoms with Gasteiger partial charge in [-0.2, -0.15) is 24.0 Å². The fourth-order valence-electron chi connectivity index (χ4n) is 7.28. The molecule has 272 valence electrons. The second-order valence-corrected chi connectivity index (χ2v) is 14.0. The second-order valence-electron chi connectivity index (χ2n) is 12.9. The number of anilines is 3. The SMILES string of the molecule is C=CC(=O)NCCC(Nc1nc(OC[C@@]23CCCN2CC(=C(F)F)C3)nc2c(F)c(-c3cccc4sc(N)c(C#N)c34)[nH]c(=O)c12)c1cccnc1N. The Morgan fingerprint density at radius 3 is 2.83 bits per heavy atom. The van der Waals surface area contributed by atoms with E-state index in [0.717, 1.165) is 23.8 Å². The molecule has 1 unspecified atom stereocenters. The average molecular weight is 743 g/mol. The van der Waals surface area contributed by atoms with E-state index in [9.17, 15) is 23.6 Å². The molecule has 5 aromatic rings. The summed E-state index contributed by atoms with van der Waals surface area (Å²) < 4.78 is 51.1. The van der Waals surface area contributed by atoms with Gasteiger partial charge in [0.1, 0.15) is 40.2 Å². The van der Waals surface area contributed by atoms with Crippen LogP contribution in [0.3, 0.4) is 0 Å². The largest absolute Gasteiger partial charge is 0.461 e. The Bertz CT molecular complexity index is 2420. The third-order valence-corrected chi connectivity index (χ3v) is 10.8. The first-order valence-electron chi connectivity index (χ1n) is 16.7. The molecule has 53 heavy (non-hydrogen) atoms. The highest BCUT2D eigenvalue weighted by molar-refractivity contribution is 7.23. The highest BCUT2D eigenvalue weighted by Crippen LogP contribution is 2.44. The quantitative estimate of drug-likeness (QED) is 0.109. The lowest BCUT2D eigenvalue weighted by atomic mass is 9.94. The molecule has 0 radical (unpaired) electrons. The Morgan fingerprint density at radius 1 is 1.25 bits per heavy atom. The number of carbonyl (C=O) groups is 1. The highest BCUT2D eigenvalue weighted by Gasteiger charge is 2.48. The van der Waals surface area contributed by atoms with E-state index in [0.29, 0.717) is 28.6 Å². The predicted molar refractivity (Wildman–Crippen MR) is 196 cm³/mol. The van der Waals surface area contributed by atoms with Gasteiger partial charge in [0.25, 0.3) is 11.6 Å². The molecule has 0 spiro atoms. The smallest absolute Gasteiger partial charge is 0.319 e. The number of halogens is 3. The van der Waals surface area contributed by atoms with Crippen LogP contribution in [0.4, 0.5) is 29.8 Å². The zero-order valence-corrected chi connectivity index (χ0v) is 29.0.